The molecule has 0 fully saturated rings. The fraction of sp³-hybridized carbons (Fsp3) is 0.320. The highest BCUT2D eigenvalue weighted by atomic mass is 35.5. The second kappa shape index (κ2) is 10.2. The van der Waals surface area contributed by atoms with Gasteiger partial charge in [-0.2, -0.15) is 0 Å². The lowest BCUT2D eigenvalue weighted by molar-refractivity contribution is -0.131. The van der Waals surface area contributed by atoms with Crippen molar-refractivity contribution in [3.8, 4) is 5.75 Å². The van der Waals surface area contributed by atoms with Crippen LogP contribution >= 0.6 is 11.6 Å². The average molecular weight is 467 g/mol. The quantitative estimate of drug-likeness (QED) is 0.358. The first-order valence-electron chi connectivity index (χ1n) is 11.0. The molecule has 1 aliphatic rings. The van der Waals surface area contributed by atoms with E-state index in [0.29, 0.717) is 22.9 Å². The van der Waals surface area contributed by atoms with Gasteiger partial charge in [-0.1, -0.05) is 17.7 Å². The molecule has 3 aromatic rings. The Morgan fingerprint density at radius 2 is 2.09 bits per heavy atom. The number of hydrogen-bond donors (Lipinski definition) is 1. The Hall–Kier alpha value is -3.16. The van der Waals surface area contributed by atoms with Crippen molar-refractivity contribution in [1.29, 1.82) is 0 Å². The van der Waals surface area contributed by atoms with Gasteiger partial charge in [0.2, 0.25) is 0 Å². The number of anilines is 2. The van der Waals surface area contributed by atoms with Crippen LogP contribution in [0.2, 0.25) is 5.02 Å². The zero-order valence-corrected chi connectivity index (χ0v) is 19.5. The number of nitrogens with zero attached hydrogens (tertiary/aromatic N) is 4. The van der Waals surface area contributed by atoms with E-state index in [1.807, 2.05) is 44.4 Å². The highest BCUT2D eigenvalue weighted by molar-refractivity contribution is 6.31. The summed E-state index contributed by atoms with van der Waals surface area (Å²) < 4.78 is 6.04. The summed E-state index contributed by atoms with van der Waals surface area (Å²) in [5.74, 6) is 0.363. The summed E-state index contributed by atoms with van der Waals surface area (Å²) in [7, 11) is 4.09. The van der Waals surface area contributed by atoms with Gasteiger partial charge in [0.15, 0.2) is 0 Å². The van der Waals surface area contributed by atoms with Gasteiger partial charge in [0.25, 0.3) is 0 Å². The van der Waals surface area contributed by atoms with Crippen LogP contribution < -0.4 is 9.64 Å². The summed E-state index contributed by atoms with van der Waals surface area (Å²) >= 11 is 6.26. The Morgan fingerprint density at radius 1 is 1.24 bits per heavy atom. The molecule has 33 heavy (non-hydrogen) atoms. The van der Waals surface area contributed by atoms with Gasteiger partial charge in [-0.05, 0) is 69.7 Å². The van der Waals surface area contributed by atoms with Crippen LogP contribution in [0.5, 0.6) is 5.75 Å². The molecule has 0 atom stereocenters. The van der Waals surface area contributed by atoms with Crippen LogP contribution in [0.25, 0.3) is 17.0 Å². The third-order valence-electron chi connectivity index (χ3n) is 5.61. The third kappa shape index (κ3) is 5.43. The lowest BCUT2D eigenvalue weighted by atomic mass is 10.1. The van der Waals surface area contributed by atoms with Crippen molar-refractivity contribution < 1.29 is 14.6 Å². The van der Waals surface area contributed by atoms with Gasteiger partial charge in [0.05, 0.1) is 12.1 Å². The Morgan fingerprint density at radius 3 is 2.88 bits per heavy atom. The first-order valence-corrected chi connectivity index (χ1v) is 11.3. The topological polar surface area (TPSA) is 78.8 Å². The van der Waals surface area contributed by atoms with Crippen molar-refractivity contribution in [2.75, 3.05) is 38.7 Å². The predicted molar refractivity (Wildman–Crippen MR) is 132 cm³/mol. The summed E-state index contributed by atoms with van der Waals surface area (Å²) in [6.07, 6.45) is 7.05. The Kier molecular flexibility index (Phi) is 7.11. The van der Waals surface area contributed by atoms with Crippen LogP contribution in [0, 0.1) is 0 Å². The lowest BCUT2D eigenvalue weighted by Crippen LogP contribution is -2.15. The number of halogens is 1. The highest BCUT2D eigenvalue weighted by Crippen LogP contribution is 2.39. The monoisotopic (exact) mass is 466 g/mol. The molecule has 7 nitrogen and oxygen atoms in total. The molecule has 2 heterocycles. The van der Waals surface area contributed by atoms with Crippen molar-refractivity contribution >= 4 is 46.1 Å². The Balaban J connectivity index is 1.69. The van der Waals surface area contributed by atoms with E-state index in [-0.39, 0.29) is 0 Å². The molecule has 1 aliphatic heterocycles. The van der Waals surface area contributed by atoms with E-state index in [4.69, 9.17) is 21.4 Å². The molecule has 0 radical (unpaired) electrons. The number of hydrogen-bond acceptors (Lipinski definition) is 6. The smallest absolute Gasteiger partial charge is 0.328 e. The number of aromatic nitrogens is 2. The summed E-state index contributed by atoms with van der Waals surface area (Å²) in [5, 5.41) is 10.7. The normalized spacial score (nSPS) is 13.3. The van der Waals surface area contributed by atoms with Crippen LogP contribution in [0.1, 0.15) is 24.0 Å². The Labute approximate surface area is 198 Å². The minimum atomic E-state index is -1.01. The number of carbonyl (C=O) groups is 1. The maximum absolute atomic E-state index is 11.2. The van der Waals surface area contributed by atoms with Gasteiger partial charge in [0.1, 0.15) is 17.9 Å². The van der Waals surface area contributed by atoms with Gasteiger partial charge in [-0.25, -0.2) is 14.8 Å². The van der Waals surface area contributed by atoms with E-state index in [2.05, 4.69) is 19.8 Å². The zero-order chi connectivity index (χ0) is 23.4. The predicted octanol–water partition coefficient (Wildman–Crippen LogP) is 4.80. The van der Waals surface area contributed by atoms with E-state index in [9.17, 15) is 4.79 Å². The third-order valence-corrected chi connectivity index (χ3v) is 5.84. The van der Waals surface area contributed by atoms with Gasteiger partial charge < -0.3 is 19.6 Å². The number of unbranched alkanes of at least 4 members (excludes halogenated alkanes) is 1. The fourth-order valence-corrected chi connectivity index (χ4v) is 4.17. The largest absolute Gasteiger partial charge is 0.493 e. The number of ether oxygens (including phenoxy) is 1. The van der Waals surface area contributed by atoms with Gasteiger partial charge in [0, 0.05) is 40.3 Å². The van der Waals surface area contributed by atoms with Crippen molar-refractivity contribution in [2.24, 2.45) is 0 Å². The maximum Gasteiger partial charge on any atom is 0.328 e. The molecule has 2 aromatic carbocycles. The molecule has 0 aliphatic carbocycles. The minimum absolute atomic E-state index is 0.545. The van der Waals surface area contributed by atoms with Crippen molar-refractivity contribution in [3.63, 3.8) is 0 Å². The van der Waals surface area contributed by atoms with Gasteiger partial charge >= 0.3 is 5.97 Å². The van der Waals surface area contributed by atoms with Crippen molar-refractivity contribution in [3.05, 3.63) is 58.9 Å². The molecule has 0 spiro atoms. The molecule has 0 unspecified atom stereocenters. The molecule has 0 saturated heterocycles. The molecule has 0 bridgehead atoms. The molecular weight excluding hydrogens is 440 g/mol. The minimum Gasteiger partial charge on any atom is -0.493 e. The fourth-order valence-electron chi connectivity index (χ4n) is 4.00. The first kappa shape index (κ1) is 23.0. The zero-order valence-electron chi connectivity index (χ0n) is 18.8. The Bertz CT molecular complexity index is 1200. The SMILES string of the molecule is CN(C)CCCCOc1cc2ncnc(N3CCc4ccc(Cl)cc43)c2cc1C=CC(=O)O. The molecule has 0 amide bonds. The molecule has 0 saturated carbocycles. The average Bonchev–Trinajstić information content (AvgIpc) is 3.19. The maximum atomic E-state index is 11.2. The van der Waals surface area contributed by atoms with E-state index >= 15 is 0 Å². The first-order chi connectivity index (χ1) is 15.9. The summed E-state index contributed by atoms with van der Waals surface area (Å²) in [5.41, 5.74) is 3.67. The number of benzene rings is 2. The number of carboxylic acid groups (broad SMARTS) is 1. The number of aliphatic carboxylic acids is 1. The molecule has 1 N–H and O–H groups in total. The van der Waals surface area contributed by atoms with Crippen molar-refractivity contribution in [2.45, 2.75) is 19.3 Å². The second-order valence-corrected chi connectivity index (χ2v) is 8.75. The highest BCUT2D eigenvalue weighted by Gasteiger charge is 2.24. The number of rotatable bonds is 9. The van der Waals surface area contributed by atoms with Crippen LogP contribution in [0.4, 0.5) is 11.5 Å². The number of carboxylic acids is 1. The summed E-state index contributed by atoms with van der Waals surface area (Å²) in [4.78, 5) is 24.5. The van der Waals surface area contributed by atoms with E-state index < -0.39 is 5.97 Å². The van der Waals surface area contributed by atoms with E-state index in [1.54, 1.807) is 12.4 Å². The number of fused-ring (bicyclic) bond motifs is 2. The van der Waals surface area contributed by atoms with Crippen LogP contribution in [0.15, 0.2) is 42.7 Å². The molecule has 8 heteroatoms. The molecule has 1 aromatic heterocycles. The van der Waals surface area contributed by atoms with Crippen molar-refractivity contribution in [1.82, 2.24) is 14.9 Å². The summed E-state index contributed by atoms with van der Waals surface area (Å²) in [6.45, 7) is 2.32. The second-order valence-electron chi connectivity index (χ2n) is 8.31. The molecule has 172 valence electrons. The van der Waals surface area contributed by atoms with Gasteiger partial charge in [-0.3, -0.25) is 0 Å². The standard InChI is InChI=1S/C25H27ClN4O3/c1-29(2)10-3-4-12-33-23-15-21-20(13-18(23)6-8-24(31)32)25(28-16-27-21)30-11-9-17-5-7-19(26)14-22(17)30/h5-8,13-16H,3-4,9-12H2,1-2H3,(H,31,32). The lowest BCUT2D eigenvalue weighted by Gasteiger charge is -2.21. The molecule has 4 rings (SSSR count). The van der Waals surface area contributed by atoms with Crippen LogP contribution in [-0.4, -0.2) is 59.7 Å². The van der Waals surface area contributed by atoms with Crippen LogP contribution in [0.3, 0.4) is 0 Å². The van der Waals surface area contributed by atoms with Gasteiger partial charge in [-0.15, -0.1) is 0 Å². The van der Waals surface area contributed by atoms with E-state index in [0.717, 1.165) is 60.8 Å². The van der Waals surface area contributed by atoms with E-state index in [1.165, 1.54) is 5.56 Å². The van der Waals surface area contributed by atoms with Crippen LogP contribution in [-0.2, 0) is 11.2 Å². The molecular formula is C25H27ClN4O3. The summed E-state index contributed by atoms with van der Waals surface area (Å²) in [6, 6.07) is 9.67.